The number of methoxy groups -OCH3 is 1. The predicted molar refractivity (Wildman–Crippen MR) is 87.2 cm³/mol. The molecule has 0 fully saturated rings. The van der Waals surface area contributed by atoms with E-state index in [9.17, 15) is 9.59 Å². The first-order valence-electron chi connectivity index (χ1n) is 6.38. The summed E-state index contributed by atoms with van der Waals surface area (Å²) in [5.74, 6) is -0.488. The zero-order valence-corrected chi connectivity index (χ0v) is 14.2. The third-order valence-electron chi connectivity index (χ3n) is 2.79. The van der Waals surface area contributed by atoms with Gasteiger partial charge in [0.05, 0.1) is 19.6 Å². The van der Waals surface area contributed by atoms with Crippen molar-refractivity contribution in [1.29, 1.82) is 0 Å². The highest BCUT2D eigenvalue weighted by atomic mass is 79.9. The van der Waals surface area contributed by atoms with Crippen molar-refractivity contribution in [3.05, 3.63) is 34.3 Å². The van der Waals surface area contributed by atoms with Gasteiger partial charge in [-0.05, 0) is 30.7 Å². The molecule has 0 aliphatic rings. The van der Waals surface area contributed by atoms with Gasteiger partial charge in [0.15, 0.2) is 0 Å². The minimum absolute atomic E-state index is 0. The molecule has 0 bridgehead atoms. The van der Waals surface area contributed by atoms with Crippen LogP contribution in [0.2, 0.25) is 0 Å². The molecule has 3 N–H and O–H groups in total. The summed E-state index contributed by atoms with van der Waals surface area (Å²) >= 11 is 3.38. The van der Waals surface area contributed by atoms with E-state index in [1.807, 2.05) is 24.3 Å². The van der Waals surface area contributed by atoms with Crippen LogP contribution >= 0.6 is 28.3 Å². The van der Waals surface area contributed by atoms with E-state index >= 15 is 0 Å². The number of ether oxygens (including phenoxy) is 1. The number of amides is 1. The lowest BCUT2D eigenvalue weighted by Crippen LogP contribution is -2.30. The van der Waals surface area contributed by atoms with Gasteiger partial charge >= 0.3 is 5.97 Å². The maximum atomic E-state index is 11.8. The van der Waals surface area contributed by atoms with Crippen LogP contribution in [0.4, 0.5) is 0 Å². The molecule has 0 heterocycles. The highest BCUT2D eigenvalue weighted by Crippen LogP contribution is 2.21. The Labute approximate surface area is 139 Å². The lowest BCUT2D eigenvalue weighted by molar-refractivity contribution is -0.141. The Bertz CT molecular complexity index is 471. The molecule has 0 saturated heterocycles. The lowest BCUT2D eigenvalue weighted by Gasteiger charge is -2.18. The Morgan fingerprint density at radius 3 is 2.71 bits per heavy atom. The van der Waals surface area contributed by atoms with Crippen LogP contribution in [0, 0.1) is 0 Å². The second kappa shape index (κ2) is 10.6. The van der Waals surface area contributed by atoms with E-state index in [1.165, 1.54) is 7.11 Å². The summed E-state index contributed by atoms with van der Waals surface area (Å²) in [5.41, 5.74) is 6.23. The van der Waals surface area contributed by atoms with Gasteiger partial charge in [0.1, 0.15) is 0 Å². The van der Waals surface area contributed by atoms with Gasteiger partial charge in [-0.25, -0.2) is 0 Å². The van der Waals surface area contributed by atoms with Gasteiger partial charge in [-0.1, -0.05) is 28.1 Å². The molecule has 7 heteroatoms. The Morgan fingerprint density at radius 1 is 1.43 bits per heavy atom. The minimum Gasteiger partial charge on any atom is -0.469 e. The Hall–Kier alpha value is -1.11. The average molecular weight is 380 g/mol. The quantitative estimate of drug-likeness (QED) is 0.712. The summed E-state index contributed by atoms with van der Waals surface area (Å²) in [6.45, 7) is 0.464. The molecule has 5 nitrogen and oxygen atoms in total. The van der Waals surface area contributed by atoms with Crippen molar-refractivity contribution in [3.63, 3.8) is 0 Å². The van der Waals surface area contributed by atoms with Crippen molar-refractivity contribution in [2.24, 2.45) is 5.73 Å². The van der Waals surface area contributed by atoms with Crippen LogP contribution in [-0.4, -0.2) is 25.5 Å². The first kappa shape index (κ1) is 19.9. The van der Waals surface area contributed by atoms with Crippen molar-refractivity contribution in [1.82, 2.24) is 5.32 Å². The fraction of sp³-hybridized carbons (Fsp3) is 0.429. The van der Waals surface area contributed by atoms with Crippen LogP contribution in [0.1, 0.15) is 30.9 Å². The fourth-order valence-corrected chi connectivity index (χ4v) is 2.17. The van der Waals surface area contributed by atoms with Crippen LogP contribution in [0.15, 0.2) is 28.7 Å². The Kier molecular flexibility index (Phi) is 10.0. The van der Waals surface area contributed by atoms with E-state index in [0.29, 0.717) is 19.4 Å². The Balaban J connectivity index is 0.00000400. The van der Waals surface area contributed by atoms with Crippen LogP contribution in [-0.2, 0) is 14.3 Å². The number of benzene rings is 1. The molecule has 1 amide bonds. The molecular weight excluding hydrogens is 360 g/mol. The molecule has 0 aliphatic heterocycles. The molecule has 21 heavy (non-hydrogen) atoms. The first-order valence-corrected chi connectivity index (χ1v) is 7.17. The number of esters is 1. The van der Waals surface area contributed by atoms with Crippen LogP contribution in [0.3, 0.4) is 0 Å². The summed E-state index contributed by atoms with van der Waals surface area (Å²) in [6, 6.07) is 7.08. The molecule has 1 unspecified atom stereocenters. The fourth-order valence-electron chi connectivity index (χ4n) is 1.75. The zero-order valence-electron chi connectivity index (χ0n) is 11.8. The third-order valence-corrected chi connectivity index (χ3v) is 3.29. The number of carbonyl (C=O) groups is 2. The second-order valence-corrected chi connectivity index (χ2v) is 5.26. The van der Waals surface area contributed by atoms with Gasteiger partial charge in [-0.15, -0.1) is 12.4 Å². The lowest BCUT2D eigenvalue weighted by atomic mass is 10.0. The number of rotatable bonds is 7. The molecular formula is C14H20BrClN2O3. The van der Waals surface area contributed by atoms with E-state index in [2.05, 4.69) is 26.0 Å². The predicted octanol–water partition coefficient (Wildman–Crippen LogP) is 2.33. The molecule has 0 aromatic heterocycles. The number of hydrogen-bond acceptors (Lipinski definition) is 4. The number of nitrogens with one attached hydrogen (secondary N) is 1. The van der Waals surface area contributed by atoms with E-state index in [4.69, 9.17) is 5.73 Å². The summed E-state index contributed by atoms with van der Waals surface area (Å²) in [7, 11) is 1.33. The van der Waals surface area contributed by atoms with Gasteiger partial charge in [-0.2, -0.15) is 0 Å². The summed E-state index contributed by atoms with van der Waals surface area (Å²) in [4.78, 5) is 23.3. The molecule has 0 radical (unpaired) electrons. The molecule has 1 atom stereocenters. The van der Waals surface area contributed by atoms with Crippen molar-refractivity contribution in [2.75, 3.05) is 13.7 Å². The monoisotopic (exact) mass is 378 g/mol. The topological polar surface area (TPSA) is 81.4 Å². The molecule has 0 aliphatic carbocycles. The SMILES string of the molecule is COC(=O)CC(NC(=O)CCCN)c1cccc(Br)c1.Cl. The second-order valence-electron chi connectivity index (χ2n) is 4.35. The van der Waals surface area contributed by atoms with Gasteiger partial charge in [0, 0.05) is 10.9 Å². The molecule has 118 valence electrons. The summed E-state index contributed by atoms with van der Waals surface area (Å²) in [5, 5.41) is 2.84. The first-order chi connectivity index (χ1) is 9.56. The van der Waals surface area contributed by atoms with E-state index in [-0.39, 0.29) is 30.7 Å². The Morgan fingerprint density at radius 2 is 2.14 bits per heavy atom. The van der Waals surface area contributed by atoms with Crippen LogP contribution in [0.5, 0.6) is 0 Å². The number of halogens is 2. The highest BCUT2D eigenvalue weighted by molar-refractivity contribution is 9.10. The average Bonchev–Trinajstić information content (AvgIpc) is 2.44. The minimum atomic E-state index is -0.398. The van der Waals surface area contributed by atoms with Crippen molar-refractivity contribution in [2.45, 2.75) is 25.3 Å². The van der Waals surface area contributed by atoms with Crippen molar-refractivity contribution < 1.29 is 14.3 Å². The maximum Gasteiger partial charge on any atom is 0.307 e. The number of hydrogen-bond donors (Lipinski definition) is 2. The van der Waals surface area contributed by atoms with Crippen molar-refractivity contribution >= 4 is 40.2 Å². The standard InChI is InChI=1S/C14H19BrN2O3.ClH/c1-20-14(19)9-12(17-13(18)6-3-7-16)10-4-2-5-11(15)8-10;/h2,4-5,8,12H,3,6-7,9,16H2,1H3,(H,17,18);1H. The normalized spacial score (nSPS) is 11.2. The van der Waals surface area contributed by atoms with Crippen molar-refractivity contribution in [3.8, 4) is 0 Å². The van der Waals surface area contributed by atoms with E-state index in [0.717, 1.165) is 10.0 Å². The van der Waals surface area contributed by atoms with E-state index < -0.39 is 6.04 Å². The van der Waals surface area contributed by atoms with Crippen LogP contribution in [0.25, 0.3) is 0 Å². The van der Waals surface area contributed by atoms with E-state index in [1.54, 1.807) is 0 Å². The third kappa shape index (κ3) is 7.45. The molecule has 1 rings (SSSR count). The molecule has 1 aromatic carbocycles. The summed E-state index contributed by atoms with van der Waals surface area (Å²) < 4.78 is 5.56. The maximum absolute atomic E-state index is 11.8. The van der Waals surface area contributed by atoms with Crippen LogP contribution < -0.4 is 11.1 Å². The highest BCUT2D eigenvalue weighted by Gasteiger charge is 2.18. The molecule has 0 spiro atoms. The number of carbonyl (C=O) groups excluding carboxylic acids is 2. The van der Waals surface area contributed by atoms with Gasteiger partial charge < -0.3 is 15.8 Å². The summed E-state index contributed by atoms with van der Waals surface area (Å²) in [6.07, 6.45) is 1.07. The van der Waals surface area contributed by atoms with Gasteiger partial charge in [-0.3, -0.25) is 9.59 Å². The smallest absolute Gasteiger partial charge is 0.307 e. The molecule has 0 saturated carbocycles. The molecule has 1 aromatic rings. The van der Waals surface area contributed by atoms with Gasteiger partial charge in [0.2, 0.25) is 5.91 Å². The number of nitrogens with two attached hydrogens (primary N) is 1. The largest absolute Gasteiger partial charge is 0.469 e. The van der Waals surface area contributed by atoms with Gasteiger partial charge in [0.25, 0.3) is 0 Å². The zero-order chi connectivity index (χ0) is 15.0.